The van der Waals surface area contributed by atoms with E-state index in [2.05, 4.69) is 34.0 Å². The van der Waals surface area contributed by atoms with E-state index in [4.69, 9.17) is 0 Å². The van der Waals surface area contributed by atoms with Crippen LogP contribution in [-0.2, 0) is 4.79 Å². The maximum Gasteiger partial charge on any atom is 0.259 e. The van der Waals surface area contributed by atoms with E-state index in [1.165, 1.54) is 0 Å². The van der Waals surface area contributed by atoms with Crippen molar-refractivity contribution in [1.82, 2.24) is 10.7 Å². The maximum absolute atomic E-state index is 12.6. The Morgan fingerprint density at radius 2 is 1.27 bits per heavy atom. The molecule has 0 saturated heterocycles. The molecule has 0 radical (unpaired) electrons. The van der Waals surface area contributed by atoms with Crippen molar-refractivity contribution in [3.05, 3.63) is 108 Å². The Morgan fingerprint density at radius 3 is 1.97 bits per heavy atom. The number of hydrazone groups is 1. The predicted octanol–water partition coefficient (Wildman–Crippen LogP) is 5.03. The molecule has 5 heteroatoms. The number of hydrogen-bond donors (Lipinski definition) is 2. The van der Waals surface area contributed by atoms with Crippen LogP contribution in [0.1, 0.15) is 15.9 Å². The smallest absolute Gasteiger partial charge is 0.259 e. The van der Waals surface area contributed by atoms with Gasteiger partial charge in [0.15, 0.2) is 0 Å². The highest BCUT2D eigenvalue weighted by Crippen LogP contribution is 2.27. The van der Waals surface area contributed by atoms with Gasteiger partial charge in [0.2, 0.25) is 0 Å². The number of fused-ring (bicyclic) bond motifs is 3. The van der Waals surface area contributed by atoms with Crippen LogP contribution in [0.5, 0.6) is 0 Å². The summed E-state index contributed by atoms with van der Waals surface area (Å²) in [7, 11) is 0. The Labute approximate surface area is 190 Å². The molecule has 0 atom stereocenters. The van der Waals surface area contributed by atoms with Crippen molar-refractivity contribution >= 4 is 50.3 Å². The maximum atomic E-state index is 12.6. The Kier molecular flexibility index (Phi) is 5.52. The molecule has 0 fully saturated rings. The molecule has 5 rings (SSSR count). The normalized spacial score (nSPS) is 11.3. The van der Waals surface area contributed by atoms with Crippen LogP contribution in [-0.4, -0.2) is 24.6 Å². The molecule has 5 aromatic carbocycles. The summed E-state index contributed by atoms with van der Waals surface area (Å²) in [6.07, 6.45) is 1.66. The van der Waals surface area contributed by atoms with Gasteiger partial charge in [0.25, 0.3) is 11.8 Å². The fourth-order valence-electron chi connectivity index (χ4n) is 4.08. The first kappa shape index (κ1) is 20.4. The second kappa shape index (κ2) is 8.93. The first-order valence-electron chi connectivity index (χ1n) is 10.7. The van der Waals surface area contributed by atoms with Crippen molar-refractivity contribution in [2.75, 3.05) is 6.54 Å². The number of nitrogens with zero attached hydrogens (tertiary/aromatic N) is 1. The Morgan fingerprint density at radius 1 is 0.697 bits per heavy atom. The van der Waals surface area contributed by atoms with Crippen LogP contribution in [0.15, 0.2) is 102 Å². The van der Waals surface area contributed by atoms with Crippen molar-refractivity contribution in [3.8, 4) is 0 Å². The van der Waals surface area contributed by atoms with Gasteiger partial charge < -0.3 is 5.32 Å². The highest BCUT2D eigenvalue weighted by Gasteiger charge is 2.11. The lowest BCUT2D eigenvalue weighted by Crippen LogP contribution is -2.35. The van der Waals surface area contributed by atoms with E-state index in [0.717, 1.165) is 37.9 Å². The van der Waals surface area contributed by atoms with Gasteiger partial charge in [0.1, 0.15) is 0 Å². The summed E-state index contributed by atoms with van der Waals surface area (Å²) < 4.78 is 0. The van der Waals surface area contributed by atoms with E-state index in [-0.39, 0.29) is 12.5 Å². The van der Waals surface area contributed by atoms with Crippen LogP contribution in [0.3, 0.4) is 0 Å². The number of hydrogen-bond acceptors (Lipinski definition) is 3. The largest absolute Gasteiger partial charge is 0.343 e. The van der Waals surface area contributed by atoms with Crippen LogP contribution in [0.25, 0.3) is 32.3 Å². The minimum absolute atomic E-state index is 0.171. The highest BCUT2D eigenvalue weighted by atomic mass is 16.2. The monoisotopic (exact) mass is 431 g/mol. The van der Waals surface area contributed by atoms with E-state index in [0.29, 0.717) is 5.56 Å². The lowest BCUT2D eigenvalue weighted by Gasteiger charge is -2.08. The predicted molar refractivity (Wildman–Crippen MR) is 133 cm³/mol. The third-order valence-electron chi connectivity index (χ3n) is 5.64. The zero-order valence-electron chi connectivity index (χ0n) is 17.8. The number of carbonyl (C=O) groups excluding carboxylic acids is 2. The molecule has 5 nitrogen and oxygen atoms in total. The molecular formula is C28H21N3O2. The SMILES string of the molecule is O=C(CNC(=O)c1cccc2ccccc12)N/N=C\c1c2ccccc2cc2ccccc12. The standard InChI is InChI=1S/C28H21N3O2/c32-27(18-29-28(33)25-15-7-11-19-8-1-4-12-22(19)25)31-30-17-26-23-13-5-2-9-20(23)16-21-10-3-6-14-24(21)26/h1-17H,18H2,(H,29,33)(H,31,32)/b30-17-. The van der Waals surface area contributed by atoms with Crippen molar-refractivity contribution in [2.24, 2.45) is 5.10 Å². The number of carbonyl (C=O) groups is 2. The van der Waals surface area contributed by atoms with Gasteiger partial charge in [0, 0.05) is 11.1 Å². The topological polar surface area (TPSA) is 70.6 Å². The summed E-state index contributed by atoms with van der Waals surface area (Å²) in [4.78, 5) is 24.9. The fourth-order valence-corrected chi connectivity index (χ4v) is 4.08. The van der Waals surface area contributed by atoms with E-state index in [9.17, 15) is 9.59 Å². The molecule has 2 N–H and O–H groups in total. The summed E-state index contributed by atoms with van der Waals surface area (Å²) in [5.74, 6) is -0.699. The van der Waals surface area contributed by atoms with Crippen LogP contribution in [0, 0.1) is 0 Å². The molecule has 0 aliphatic carbocycles. The van der Waals surface area contributed by atoms with Gasteiger partial charge in [0.05, 0.1) is 12.8 Å². The van der Waals surface area contributed by atoms with Crippen molar-refractivity contribution < 1.29 is 9.59 Å². The van der Waals surface area contributed by atoms with E-state index >= 15 is 0 Å². The fraction of sp³-hybridized carbons (Fsp3) is 0.0357. The second-order valence-electron chi connectivity index (χ2n) is 7.74. The van der Waals surface area contributed by atoms with Crippen LogP contribution < -0.4 is 10.7 Å². The molecule has 0 heterocycles. The number of nitrogens with one attached hydrogen (secondary N) is 2. The van der Waals surface area contributed by atoms with Crippen LogP contribution in [0.2, 0.25) is 0 Å². The lowest BCUT2D eigenvalue weighted by molar-refractivity contribution is -0.120. The molecule has 0 saturated carbocycles. The third-order valence-corrected chi connectivity index (χ3v) is 5.64. The molecule has 5 aromatic rings. The minimum atomic E-state index is -0.399. The molecule has 160 valence electrons. The average molecular weight is 431 g/mol. The molecule has 0 aromatic heterocycles. The first-order chi connectivity index (χ1) is 16.2. The zero-order chi connectivity index (χ0) is 22.6. The van der Waals surface area contributed by atoms with Gasteiger partial charge in [-0.2, -0.15) is 5.10 Å². The summed E-state index contributed by atoms with van der Waals surface area (Å²) in [5, 5.41) is 13.0. The van der Waals surface area contributed by atoms with Gasteiger partial charge in [-0.15, -0.1) is 0 Å². The molecule has 33 heavy (non-hydrogen) atoms. The van der Waals surface area contributed by atoms with E-state index in [1.54, 1.807) is 12.3 Å². The Bertz CT molecular complexity index is 1480. The van der Waals surface area contributed by atoms with Gasteiger partial charge in [-0.05, 0) is 44.5 Å². The first-order valence-corrected chi connectivity index (χ1v) is 10.7. The minimum Gasteiger partial charge on any atom is -0.343 e. The summed E-state index contributed by atoms with van der Waals surface area (Å²) >= 11 is 0. The summed E-state index contributed by atoms with van der Waals surface area (Å²) in [5.41, 5.74) is 3.99. The number of benzene rings is 5. The second-order valence-corrected chi connectivity index (χ2v) is 7.74. The van der Waals surface area contributed by atoms with E-state index < -0.39 is 5.91 Å². The van der Waals surface area contributed by atoms with Crippen LogP contribution in [0.4, 0.5) is 0 Å². The molecule has 0 unspecified atom stereocenters. The van der Waals surface area contributed by atoms with Crippen molar-refractivity contribution in [1.29, 1.82) is 0 Å². The Balaban J connectivity index is 1.30. The van der Waals surface area contributed by atoms with Gasteiger partial charge in [-0.1, -0.05) is 84.9 Å². The quantitative estimate of drug-likeness (QED) is 0.233. The van der Waals surface area contributed by atoms with Gasteiger partial charge in [-0.3, -0.25) is 9.59 Å². The third kappa shape index (κ3) is 4.16. The molecular weight excluding hydrogens is 410 g/mol. The summed E-state index contributed by atoms with van der Waals surface area (Å²) in [6.45, 7) is -0.171. The van der Waals surface area contributed by atoms with Gasteiger partial charge in [-0.25, -0.2) is 5.43 Å². The van der Waals surface area contributed by atoms with Crippen LogP contribution >= 0.6 is 0 Å². The summed E-state index contributed by atoms with van der Waals surface area (Å²) in [6, 6.07) is 31.5. The van der Waals surface area contributed by atoms with Crippen molar-refractivity contribution in [3.63, 3.8) is 0 Å². The average Bonchev–Trinajstić information content (AvgIpc) is 2.86. The molecule has 0 bridgehead atoms. The molecule has 0 aliphatic rings. The Hall–Kier alpha value is -4.51. The number of amides is 2. The molecule has 0 spiro atoms. The zero-order valence-corrected chi connectivity index (χ0v) is 17.8. The van der Waals surface area contributed by atoms with Crippen molar-refractivity contribution in [2.45, 2.75) is 0 Å². The molecule has 2 amide bonds. The van der Waals surface area contributed by atoms with Gasteiger partial charge >= 0.3 is 0 Å². The molecule has 0 aliphatic heterocycles. The lowest BCUT2D eigenvalue weighted by atomic mass is 9.97. The number of rotatable bonds is 5. The highest BCUT2D eigenvalue weighted by molar-refractivity contribution is 6.13. The van der Waals surface area contributed by atoms with E-state index in [1.807, 2.05) is 72.8 Å².